The van der Waals surface area contributed by atoms with E-state index in [1.165, 1.54) is 17.0 Å². The third-order valence-electron chi connectivity index (χ3n) is 4.81. The van der Waals surface area contributed by atoms with Crippen LogP contribution in [0.25, 0.3) is 11.1 Å². The zero-order valence-corrected chi connectivity index (χ0v) is 20.9. The number of ether oxygens (including phenoxy) is 2. The van der Waals surface area contributed by atoms with Gasteiger partial charge in [0, 0.05) is 17.5 Å². The van der Waals surface area contributed by atoms with E-state index in [1.54, 1.807) is 65.0 Å². The first-order valence-corrected chi connectivity index (χ1v) is 11.5. The lowest BCUT2D eigenvalue weighted by molar-refractivity contribution is -0.155. The molecule has 0 aliphatic carbocycles. The fourth-order valence-corrected chi connectivity index (χ4v) is 3.63. The Morgan fingerprint density at radius 2 is 1.71 bits per heavy atom. The zero-order chi connectivity index (χ0) is 25.5. The Bertz CT molecular complexity index is 1030. The van der Waals surface area contributed by atoms with Gasteiger partial charge in [-0.3, -0.25) is 14.4 Å². The van der Waals surface area contributed by atoms with Gasteiger partial charge in [-0.05, 0) is 70.0 Å². The lowest BCUT2D eigenvalue weighted by Crippen LogP contribution is -2.41. The molecule has 0 radical (unpaired) electrons. The van der Waals surface area contributed by atoms with Gasteiger partial charge >= 0.3 is 11.9 Å². The summed E-state index contributed by atoms with van der Waals surface area (Å²) in [5.74, 6) is -2.18. The first kappa shape index (κ1) is 27.3. The Morgan fingerprint density at radius 1 is 1.03 bits per heavy atom. The lowest BCUT2D eigenvalue weighted by atomic mass is 10.0. The van der Waals surface area contributed by atoms with Crippen LogP contribution >= 0.6 is 11.6 Å². The predicted octanol–water partition coefficient (Wildman–Crippen LogP) is 5.94. The van der Waals surface area contributed by atoms with Gasteiger partial charge in [0.1, 0.15) is 11.4 Å². The first-order chi connectivity index (χ1) is 15.9. The van der Waals surface area contributed by atoms with E-state index in [2.05, 4.69) is 0 Å². The van der Waals surface area contributed by atoms with Crippen LogP contribution in [0.2, 0.25) is 5.02 Å². The number of anilines is 1. The molecule has 0 saturated carbocycles. The molecule has 184 valence electrons. The van der Waals surface area contributed by atoms with Gasteiger partial charge in [-0.1, -0.05) is 29.8 Å². The van der Waals surface area contributed by atoms with Crippen LogP contribution in [0.3, 0.4) is 0 Å². The summed E-state index contributed by atoms with van der Waals surface area (Å²) < 4.78 is 25.5. The van der Waals surface area contributed by atoms with Crippen LogP contribution in [0, 0.1) is 5.82 Å². The fraction of sp³-hybridized carbons (Fsp3) is 0.423. The molecular weight excluding hydrogens is 461 g/mol. The summed E-state index contributed by atoms with van der Waals surface area (Å²) in [6.45, 7) is 8.71. The number of hydrogen-bond donors (Lipinski definition) is 0. The summed E-state index contributed by atoms with van der Waals surface area (Å²) in [7, 11) is 0. The summed E-state index contributed by atoms with van der Waals surface area (Å²) >= 11 is 6.05. The number of amides is 1. The molecule has 1 amide bonds. The van der Waals surface area contributed by atoms with Crippen molar-refractivity contribution in [2.75, 3.05) is 11.5 Å². The van der Waals surface area contributed by atoms with Crippen molar-refractivity contribution in [3.05, 3.63) is 53.3 Å². The number of esters is 2. The second kappa shape index (κ2) is 12.0. The van der Waals surface area contributed by atoms with E-state index < -0.39 is 35.3 Å². The molecule has 0 N–H and O–H groups in total. The first-order valence-electron chi connectivity index (χ1n) is 11.2. The van der Waals surface area contributed by atoms with Gasteiger partial charge < -0.3 is 14.4 Å². The van der Waals surface area contributed by atoms with E-state index in [9.17, 15) is 14.4 Å². The van der Waals surface area contributed by atoms with Crippen LogP contribution in [-0.2, 0) is 23.9 Å². The Morgan fingerprint density at radius 3 is 2.29 bits per heavy atom. The molecule has 6 nitrogen and oxygen atoms in total. The van der Waals surface area contributed by atoms with Crippen molar-refractivity contribution >= 4 is 35.1 Å². The van der Waals surface area contributed by atoms with E-state index in [-0.39, 0.29) is 31.6 Å². The van der Waals surface area contributed by atoms with E-state index in [0.29, 0.717) is 10.6 Å². The van der Waals surface area contributed by atoms with Crippen molar-refractivity contribution < 1.29 is 28.2 Å². The number of hydrogen-bond acceptors (Lipinski definition) is 5. The van der Waals surface area contributed by atoms with Crippen LogP contribution in [0.15, 0.2) is 42.5 Å². The molecule has 8 heteroatoms. The smallest absolute Gasteiger partial charge is 0.307 e. The second-order valence-corrected chi connectivity index (χ2v) is 9.32. The standard InChI is InChI=1S/C26H31ClFNO5/c1-6-33-25(32)14-17(2)29(23(30)12-13-24(31)34-26(3,4)5)22-11-10-19(16-21(22)28)18-8-7-9-20(27)15-18/h7-11,15-17H,6,12-14H2,1-5H3. The summed E-state index contributed by atoms with van der Waals surface area (Å²) in [5.41, 5.74) is 0.638. The minimum atomic E-state index is -0.697. The minimum absolute atomic E-state index is 0.0109. The highest BCUT2D eigenvalue weighted by molar-refractivity contribution is 6.30. The van der Waals surface area contributed by atoms with E-state index in [4.69, 9.17) is 21.1 Å². The molecule has 0 aliphatic rings. The summed E-state index contributed by atoms with van der Waals surface area (Å²) in [5, 5.41) is 0.518. The Balaban J connectivity index is 2.32. The topological polar surface area (TPSA) is 72.9 Å². The number of nitrogens with zero attached hydrogens (tertiary/aromatic N) is 1. The van der Waals surface area contributed by atoms with Crippen LogP contribution in [0.4, 0.5) is 10.1 Å². The number of carbonyl (C=O) groups is 3. The third kappa shape index (κ3) is 8.13. The van der Waals surface area contributed by atoms with E-state index in [0.717, 1.165) is 5.56 Å². The molecular formula is C26H31ClFNO5. The third-order valence-corrected chi connectivity index (χ3v) is 5.04. The highest BCUT2D eigenvalue weighted by Crippen LogP contribution is 2.30. The van der Waals surface area contributed by atoms with Crippen molar-refractivity contribution in [2.24, 2.45) is 0 Å². The summed E-state index contributed by atoms with van der Waals surface area (Å²) in [6, 6.07) is 10.8. The second-order valence-electron chi connectivity index (χ2n) is 8.88. The highest BCUT2D eigenvalue weighted by Gasteiger charge is 2.28. The number of rotatable bonds is 9. The Labute approximate surface area is 205 Å². The summed E-state index contributed by atoms with van der Waals surface area (Å²) in [4.78, 5) is 38.5. The van der Waals surface area contributed by atoms with Gasteiger partial charge in [-0.2, -0.15) is 0 Å². The Hall–Kier alpha value is -2.93. The van der Waals surface area contributed by atoms with Gasteiger partial charge in [0.05, 0.1) is 25.1 Å². The summed E-state index contributed by atoms with van der Waals surface area (Å²) in [6.07, 6.45) is -0.486. The highest BCUT2D eigenvalue weighted by atomic mass is 35.5. The van der Waals surface area contributed by atoms with Gasteiger partial charge in [0.2, 0.25) is 5.91 Å². The van der Waals surface area contributed by atoms with Crippen LogP contribution in [0.5, 0.6) is 0 Å². The maximum Gasteiger partial charge on any atom is 0.307 e. The maximum atomic E-state index is 15.3. The van der Waals surface area contributed by atoms with Gasteiger partial charge in [0.15, 0.2) is 0 Å². The zero-order valence-electron chi connectivity index (χ0n) is 20.2. The molecule has 0 saturated heterocycles. The number of halogens is 2. The molecule has 0 fully saturated rings. The molecule has 2 rings (SSSR count). The van der Waals surface area contributed by atoms with Crippen molar-refractivity contribution in [2.45, 2.75) is 65.5 Å². The van der Waals surface area contributed by atoms with Gasteiger partial charge in [-0.25, -0.2) is 4.39 Å². The van der Waals surface area contributed by atoms with Crippen LogP contribution in [0.1, 0.15) is 53.9 Å². The predicted molar refractivity (Wildman–Crippen MR) is 130 cm³/mol. The average Bonchev–Trinajstić information content (AvgIpc) is 2.72. The van der Waals surface area contributed by atoms with Crippen molar-refractivity contribution in [3.63, 3.8) is 0 Å². The van der Waals surface area contributed by atoms with Crippen LogP contribution in [-0.4, -0.2) is 36.1 Å². The normalized spacial score (nSPS) is 12.1. The van der Waals surface area contributed by atoms with E-state index >= 15 is 4.39 Å². The molecule has 1 atom stereocenters. The molecule has 0 aromatic heterocycles. The van der Waals surface area contributed by atoms with Gasteiger partial charge in [0.25, 0.3) is 0 Å². The van der Waals surface area contributed by atoms with Crippen LogP contribution < -0.4 is 4.90 Å². The van der Waals surface area contributed by atoms with Crippen molar-refractivity contribution in [3.8, 4) is 11.1 Å². The molecule has 0 heterocycles. The largest absolute Gasteiger partial charge is 0.466 e. The molecule has 2 aromatic rings. The minimum Gasteiger partial charge on any atom is -0.466 e. The molecule has 0 spiro atoms. The molecule has 0 bridgehead atoms. The van der Waals surface area contributed by atoms with Crippen molar-refractivity contribution in [1.82, 2.24) is 0 Å². The Kier molecular flexibility index (Phi) is 9.62. The molecule has 34 heavy (non-hydrogen) atoms. The SMILES string of the molecule is CCOC(=O)CC(C)N(C(=O)CCC(=O)OC(C)(C)C)c1ccc(-c2cccc(Cl)c2)cc1F. The quantitative estimate of drug-likeness (QED) is 0.406. The molecule has 1 unspecified atom stereocenters. The average molecular weight is 492 g/mol. The van der Waals surface area contributed by atoms with Crippen molar-refractivity contribution in [1.29, 1.82) is 0 Å². The maximum absolute atomic E-state index is 15.3. The number of benzene rings is 2. The van der Waals surface area contributed by atoms with E-state index in [1.807, 2.05) is 0 Å². The number of carbonyl (C=O) groups excluding carboxylic acids is 3. The monoisotopic (exact) mass is 491 g/mol. The lowest BCUT2D eigenvalue weighted by Gasteiger charge is -2.29. The molecule has 2 aromatic carbocycles. The molecule has 0 aliphatic heterocycles. The fourth-order valence-electron chi connectivity index (χ4n) is 3.44. The van der Waals surface area contributed by atoms with Gasteiger partial charge in [-0.15, -0.1) is 0 Å².